The van der Waals surface area contributed by atoms with Crippen LogP contribution in [0.15, 0.2) is 65.8 Å². The third kappa shape index (κ3) is 5.09. The third-order valence-corrected chi connectivity index (χ3v) is 6.80. The van der Waals surface area contributed by atoms with Gasteiger partial charge in [0.05, 0.1) is 24.2 Å². The van der Waals surface area contributed by atoms with Gasteiger partial charge in [-0.2, -0.15) is 5.10 Å². The van der Waals surface area contributed by atoms with Crippen LogP contribution in [0.2, 0.25) is 0 Å². The Kier molecular flexibility index (Phi) is 6.59. The molecule has 0 bridgehead atoms. The zero-order valence-electron chi connectivity index (χ0n) is 20.0. The molecule has 8 nitrogen and oxygen atoms in total. The van der Waals surface area contributed by atoms with E-state index in [0.717, 1.165) is 41.4 Å². The lowest BCUT2D eigenvalue weighted by Crippen LogP contribution is -2.17. The van der Waals surface area contributed by atoms with Gasteiger partial charge in [0.25, 0.3) is 0 Å². The maximum absolute atomic E-state index is 12.9. The molecule has 2 aromatic heterocycles. The van der Waals surface area contributed by atoms with Crippen LogP contribution in [-0.2, 0) is 4.79 Å². The van der Waals surface area contributed by atoms with Crippen molar-refractivity contribution in [3.05, 3.63) is 66.4 Å². The Labute approximate surface area is 208 Å². The normalized spacial score (nSPS) is 13.3. The highest BCUT2D eigenvalue weighted by molar-refractivity contribution is 7.99. The minimum Gasteiger partial charge on any atom is -0.497 e. The fraction of sp³-hybridized carbons (Fsp3) is 0.308. The third-order valence-electron chi connectivity index (χ3n) is 5.85. The van der Waals surface area contributed by atoms with Gasteiger partial charge in [-0.25, -0.2) is 4.68 Å². The average molecular weight is 489 g/mol. The van der Waals surface area contributed by atoms with E-state index in [2.05, 4.69) is 33.9 Å². The van der Waals surface area contributed by atoms with Crippen molar-refractivity contribution in [1.82, 2.24) is 24.5 Å². The van der Waals surface area contributed by atoms with Crippen molar-refractivity contribution < 1.29 is 9.53 Å². The van der Waals surface area contributed by atoms with Crippen LogP contribution in [0.1, 0.15) is 44.3 Å². The zero-order valence-corrected chi connectivity index (χ0v) is 20.8. The van der Waals surface area contributed by atoms with E-state index in [9.17, 15) is 4.79 Å². The van der Waals surface area contributed by atoms with Crippen LogP contribution in [0.5, 0.6) is 5.75 Å². The molecule has 35 heavy (non-hydrogen) atoms. The molecule has 2 heterocycles. The van der Waals surface area contributed by atoms with Gasteiger partial charge in [-0.3, -0.25) is 9.36 Å². The lowest BCUT2D eigenvalue weighted by Gasteiger charge is -2.14. The number of carbonyl (C=O) groups excluding carboxylic acids is 1. The van der Waals surface area contributed by atoms with Gasteiger partial charge in [0, 0.05) is 23.6 Å². The summed E-state index contributed by atoms with van der Waals surface area (Å²) in [6.07, 6.45) is 2.30. The molecule has 0 spiro atoms. The van der Waals surface area contributed by atoms with E-state index >= 15 is 0 Å². The summed E-state index contributed by atoms with van der Waals surface area (Å²) in [6, 6.07) is 19.7. The smallest absolute Gasteiger partial charge is 0.236 e. The summed E-state index contributed by atoms with van der Waals surface area (Å²) in [7, 11) is 1.64. The second kappa shape index (κ2) is 9.95. The molecule has 1 saturated carbocycles. The van der Waals surface area contributed by atoms with Gasteiger partial charge < -0.3 is 10.1 Å². The summed E-state index contributed by atoms with van der Waals surface area (Å²) in [5.74, 6) is 2.83. The number of amides is 1. The Morgan fingerprint density at radius 2 is 1.86 bits per heavy atom. The molecular weight excluding hydrogens is 460 g/mol. The number of carbonyl (C=O) groups is 1. The van der Waals surface area contributed by atoms with E-state index in [-0.39, 0.29) is 17.7 Å². The fourth-order valence-electron chi connectivity index (χ4n) is 3.92. The molecule has 1 amide bonds. The highest BCUT2D eigenvalue weighted by atomic mass is 32.2. The Hall–Kier alpha value is -3.59. The number of ether oxygens (including phenoxy) is 1. The first-order chi connectivity index (χ1) is 17.0. The second-order valence-corrected chi connectivity index (χ2v) is 9.75. The molecule has 4 aromatic rings. The Balaban J connectivity index is 1.32. The molecule has 9 heteroatoms. The second-order valence-electron chi connectivity index (χ2n) is 8.81. The number of anilines is 1. The van der Waals surface area contributed by atoms with E-state index in [1.54, 1.807) is 7.11 Å². The first kappa shape index (κ1) is 23.2. The predicted molar refractivity (Wildman–Crippen MR) is 137 cm³/mol. The van der Waals surface area contributed by atoms with Crippen LogP contribution in [0.3, 0.4) is 0 Å². The van der Waals surface area contributed by atoms with Crippen LogP contribution in [-0.4, -0.2) is 43.3 Å². The first-order valence-electron chi connectivity index (χ1n) is 11.7. The molecule has 2 aromatic carbocycles. The SMILES string of the molecule is COc1ccc(-c2nnc(SCC(=O)Nc3cc(C4CC4)nn3-c3ccccc3)n2C(C)C)cc1. The number of para-hydroxylation sites is 1. The van der Waals surface area contributed by atoms with E-state index in [1.165, 1.54) is 11.8 Å². The van der Waals surface area contributed by atoms with Gasteiger partial charge in [0.2, 0.25) is 5.91 Å². The lowest BCUT2D eigenvalue weighted by atomic mass is 10.2. The number of methoxy groups -OCH3 is 1. The molecule has 0 aliphatic heterocycles. The van der Waals surface area contributed by atoms with Gasteiger partial charge in [-0.15, -0.1) is 10.2 Å². The van der Waals surface area contributed by atoms with Crippen molar-refractivity contribution in [3.63, 3.8) is 0 Å². The highest BCUT2D eigenvalue weighted by Crippen LogP contribution is 2.40. The molecule has 0 atom stereocenters. The van der Waals surface area contributed by atoms with E-state index in [4.69, 9.17) is 9.84 Å². The van der Waals surface area contributed by atoms with Crippen LogP contribution >= 0.6 is 11.8 Å². The largest absolute Gasteiger partial charge is 0.497 e. The number of aromatic nitrogens is 5. The number of benzene rings is 2. The summed E-state index contributed by atoms with van der Waals surface area (Å²) in [4.78, 5) is 12.9. The monoisotopic (exact) mass is 488 g/mol. The van der Waals surface area contributed by atoms with Crippen LogP contribution in [0.25, 0.3) is 17.1 Å². The van der Waals surface area contributed by atoms with E-state index in [1.807, 2.05) is 65.3 Å². The summed E-state index contributed by atoms with van der Waals surface area (Å²) in [6.45, 7) is 4.16. The Morgan fingerprint density at radius 3 is 2.51 bits per heavy atom. The number of nitrogens with one attached hydrogen (secondary N) is 1. The average Bonchev–Trinajstić information content (AvgIpc) is 3.50. The minimum atomic E-state index is -0.112. The molecular formula is C26H28N6O2S. The summed E-state index contributed by atoms with van der Waals surface area (Å²) in [5.41, 5.74) is 2.90. The summed E-state index contributed by atoms with van der Waals surface area (Å²) < 4.78 is 9.13. The zero-order chi connectivity index (χ0) is 24.4. The maximum atomic E-state index is 12.9. The first-order valence-corrected chi connectivity index (χ1v) is 12.7. The maximum Gasteiger partial charge on any atom is 0.236 e. The molecule has 0 radical (unpaired) electrons. The molecule has 0 unspecified atom stereocenters. The summed E-state index contributed by atoms with van der Waals surface area (Å²) >= 11 is 1.38. The molecule has 1 aliphatic rings. The number of rotatable bonds is 9. The van der Waals surface area contributed by atoms with Gasteiger partial charge >= 0.3 is 0 Å². The van der Waals surface area contributed by atoms with Crippen molar-refractivity contribution in [1.29, 1.82) is 0 Å². The minimum absolute atomic E-state index is 0.112. The van der Waals surface area contributed by atoms with Crippen LogP contribution in [0, 0.1) is 0 Å². The van der Waals surface area contributed by atoms with Crippen molar-refractivity contribution in [2.45, 2.75) is 43.8 Å². The van der Waals surface area contributed by atoms with E-state index < -0.39 is 0 Å². The predicted octanol–water partition coefficient (Wildman–Crippen LogP) is 5.33. The number of hydrogen-bond donors (Lipinski definition) is 1. The van der Waals surface area contributed by atoms with Crippen molar-refractivity contribution in [3.8, 4) is 22.8 Å². The quantitative estimate of drug-likeness (QED) is 0.321. The lowest BCUT2D eigenvalue weighted by molar-refractivity contribution is -0.113. The molecule has 1 fully saturated rings. The number of hydrogen-bond acceptors (Lipinski definition) is 6. The van der Waals surface area contributed by atoms with Crippen LogP contribution in [0.4, 0.5) is 5.82 Å². The topological polar surface area (TPSA) is 86.9 Å². The molecule has 180 valence electrons. The number of nitrogens with zero attached hydrogens (tertiary/aromatic N) is 5. The standard InChI is InChI=1S/C26H28N6O2S/c1-17(2)31-25(19-11-13-21(34-3)14-12-19)28-29-26(31)35-16-24(33)27-23-15-22(18-9-10-18)30-32(23)20-7-5-4-6-8-20/h4-8,11-15,17-18H,9-10,16H2,1-3H3,(H,27,33). The molecule has 5 rings (SSSR count). The van der Waals surface area contributed by atoms with E-state index in [0.29, 0.717) is 16.9 Å². The van der Waals surface area contributed by atoms with Gasteiger partial charge in [0.15, 0.2) is 11.0 Å². The summed E-state index contributed by atoms with van der Waals surface area (Å²) in [5, 5.41) is 17.3. The number of thioether (sulfide) groups is 1. The van der Waals surface area contributed by atoms with Crippen molar-refractivity contribution in [2.75, 3.05) is 18.2 Å². The van der Waals surface area contributed by atoms with Crippen molar-refractivity contribution >= 4 is 23.5 Å². The highest BCUT2D eigenvalue weighted by Gasteiger charge is 2.28. The van der Waals surface area contributed by atoms with Crippen molar-refractivity contribution in [2.24, 2.45) is 0 Å². The van der Waals surface area contributed by atoms with Gasteiger partial charge in [-0.1, -0.05) is 30.0 Å². The molecule has 0 saturated heterocycles. The fourth-order valence-corrected chi connectivity index (χ4v) is 4.79. The van der Waals surface area contributed by atoms with Gasteiger partial charge in [-0.05, 0) is 63.1 Å². The Morgan fingerprint density at radius 1 is 1.11 bits per heavy atom. The molecule has 1 aliphatic carbocycles. The van der Waals surface area contributed by atoms with Crippen LogP contribution < -0.4 is 10.1 Å². The van der Waals surface area contributed by atoms with Gasteiger partial charge in [0.1, 0.15) is 11.6 Å². The Bertz CT molecular complexity index is 1310. The molecule has 1 N–H and O–H groups in total.